The van der Waals surface area contributed by atoms with Gasteiger partial charge >= 0.3 is 6.09 Å². The van der Waals surface area contributed by atoms with Crippen LogP contribution >= 0.6 is 34.8 Å². The molecule has 0 bridgehead atoms. The van der Waals surface area contributed by atoms with Crippen molar-refractivity contribution in [1.29, 1.82) is 0 Å². The summed E-state index contributed by atoms with van der Waals surface area (Å²) in [6.45, 7) is 12.1. The number of halogens is 3. The van der Waals surface area contributed by atoms with Crippen LogP contribution in [0.4, 0.5) is 4.79 Å². The summed E-state index contributed by atoms with van der Waals surface area (Å²) in [4.78, 5) is 25.8. The first kappa shape index (κ1) is 34.3. The maximum Gasteiger partial charge on any atom is 0.407 e. The standard InChI is InChI=1S/C29H38Cl3N3O6S/c1-28(2,3)33-15-17-11-25-20(14-22(17)31)24(9-10-40-25)35-26(36)12-18(34-27(37)41-29(4,5)6)16-42(38,39)19-7-8-21(30)23(32)13-19/h7-8,11,13-14,18,24,33H,9-10,12,15-16H2,1-6H3,(H,34,37)(H,35,36)/t18-,24+/m0/s1. The van der Waals surface area contributed by atoms with Gasteiger partial charge in [0.25, 0.3) is 0 Å². The molecule has 3 rings (SSSR count). The number of rotatable bonds is 9. The van der Waals surface area contributed by atoms with Gasteiger partial charge in [-0.05, 0) is 77.4 Å². The molecule has 1 heterocycles. The highest BCUT2D eigenvalue weighted by Crippen LogP contribution is 2.36. The summed E-state index contributed by atoms with van der Waals surface area (Å²) in [5, 5.41) is 9.70. The van der Waals surface area contributed by atoms with Gasteiger partial charge < -0.3 is 25.4 Å². The van der Waals surface area contributed by atoms with Crippen LogP contribution in [0.3, 0.4) is 0 Å². The van der Waals surface area contributed by atoms with Crippen LogP contribution in [-0.2, 0) is 25.9 Å². The molecule has 0 unspecified atom stereocenters. The Labute approximate surface area is 262 Å². The van der Waals surface area contributed by atoms with E-state index in [1.165, 1.54) is 18.2 Å². The van der Waals surface area contributed by atoms with Crippen LogP contribution in [0.25, 0.3) is 0 Å². The fourth-order valence-corrected chi connectivity index (χ4v) is 6.33. The summed E-state index contributed by atoms with van der Waals surface area (Å²) in [5.74, 6) is -0.419. The van der Waals surface area contributed by atoms with Crippen molar-refractivity contribution in [3.05, 3.63) is 56.5 Å². The SMILES string of the molecule is CC(C)(C)NCc1cc2c(cc1Cl)[C@H](NC(=O)C[C@@H](CS(=O)(=O)c1ccc(Cl)c(Cl)c1)NC(=O)OC(C)(C)C)CCO2. The maximum absolute atomic E-state index is 13.3. The number of ether oxygens (including phenoxy) is 2. The molecule has 0 aromatic heterocycles. The average Bonchev–Trinajstić information content (AvgIpc) is 2.82. The summed E-state index contributed by atoms with van der Waals surface area (Å²) >= 11 is 18.6. The van der Waals surface area contributed by atoms with Gasteiger partial charge in [0.15, 0.2) is 9.84 Å². The van der Waals surface area contributed by atoms with Crippen LogP contribution in [-0.4, -0.2) is 50.0 Å². The van der Waals surface area contributed by atoms with Gasteiger partial charge in [0.05, 0.1) is 39.4 Å². The molecule has 0 fully saturated rings. The van der Waals surface area contributed by atoms with Crippen molar-refractivity contribution >= 4 is 56.6 Å². The maximum atomic E-state index is 13.3. The van der Waals surface area contributed by atoms with Crippen LogP contribution in [0, 0.1) is 0 Å². The molecule has 1 aliphatic heterocycles. The van der Waals surface area contributed by atoms with E-state index in [2.05, 4.69) is 36.7 Å². The molecule has 2 atom stereocenters. The Morgan fingerprint density at radius 3 is 2.33 bits per heavy atom. The minimum Gasteiger partial charge on any atom is -0.493 e. The number of amides is 2. The van der Waals surface area contributed by atoms with Crippen LogP contribution in [0.1, 0.15) is 71.6 Å². The molecule has 3 N–H and O–H groups in total. The Morgan fingerprint density at radius 1 is 1.02 bits per heavy atom. The molecule has 42 heavy (non-hydrogen) atoms. The number of alkyl carbamates (subject to hydrolysis) is 1. The quantitative estimate of drug-likeness (QED) is 0.291. The Morgan fingerprint density at radius 2 is 1.71 bits per heavy atom. The first-order valence-electron chi connectivity index (χ1n) is 13.5. The lowest BCUT2D eigenvalue weighted by Crippen LogP contribution is -2.45. The van der Waals surface area contributed by atoms with Crippen LogP contribution < -0.4 is 20.7 Å². The largest absolute Gasteiger partial charge is 0.493 e. The molecule has 0 aliphatic carbocycles. The predicted molar refractivity (Wildman–Crippen MR) is 165 cm³/mol. The zero-order valence-electron chi connectivity index (χ0n) is 24.6. The van der Waals surface area contributed by atoms with Gasteiger partial charge in [-0.2, -0.15) is 0 Å². The topological polar surface area (TPSA) is 123 Å². The van der Waals surface area contributed by atoms with Gasteiger partial charge in [-0.1, -0.05) is 34.8 Å². The molecule has 0 saturated carbocycles. The van der Waals surface area contributed by atoms with Crippen molar-refractivity contribution in [2.24, 2.45) is 0 Å². The molecule has 0 saturated heterocycles. The molecule has 2 amide bonds. The van der Waals surface area contributed by atoms with Gasteiger partial charge in [-0.3, -0.25) is 4.79 Å². The molecule has 0 radical (unpaired) electrons. The molecule has 232 valence electrons. The smallest absolute Gasteiger partial charge is 0.407 e. The van der Waals surface area contributed by atoms with Gasteiger partial charge in [0.2, 0.25) is 5.91 Å². The second-order valence-electron chi connectivity index (χ2n) is 12.2. The zero-order valence-corrected chi connectivity index (χ0v) is 27.7. The highest BCUT2D eigenvalue weighted by Gasteiger charge is 2.30. The molecular formula is C29H38Cl3N3O6S. The minimum atomic E-state index is -3.98. The van der Waals surface area contributed by atoms with Crippen molar-refractivity contribution in [3.8, 4) is 5.75 Å². The number of carbonyl (C=O) groups excluding carboxylic acids is 2. The molecular weight excluding hydrogens is 625 g/mol. The summed E-state index contributed by atoms with van der Waals surface area (Å²) in [7, 11) is -3.98. The third kappa shape index (κ3) is 10.2. The van der Waals surface area contributed by atoms with Crippen molar-refractivity contribution in [3.63, 3.8) is 0 Å². The van der Waals surface area contributed by atoms with Crippen LogP contribution in [0.5, 0.6) is 5.75 Å². The van der Waals surface area contributed by atoms with Crippen molar-refractivity contribution in [1.82, 2.24) is 16.0 Å². The molecule has 1 aliphatic rings. The zero-order chi connectivity index (χ0) is 31.5. The number of carbonyl (C=O) groups is 2. The molecule has 0 spiro atoms. The van der Waals surface area contributed by atoms with E-state index in [0.717, 1.165) is 11.1 Å². The fraction of sp³-hybridized carbons (Fsp3) is 0.517. The summed E-state index contributed by atoms with van der Waals surface area (Å²) < 4.78 is 37.6. The van der Waals surface area contributed by atoms with E-state index in [4.69, 9.17) is 44.3 Å². The second-order valence-corrected chi connectivity index (χ2v) is 15.5. The van der Waals surface area contributed by atoms with Crippen LogP contribution in [0.2, 0.25) is 15.1 Å². The first-order chi connectivity index (χ1) is 19.3. The lowest BCUT2D eigenvalue weighted by atomic mass is 9.98. The lowest BCUT2D eigenvalue weighted by Gasteiger charge is -2.29. The Balaban J connectivity index is 1.79. The van der Waals surface area contributed by atoms with E-state index in [1.54, 1.807) is 26.8 Å². The number of nitrogens with one attached hydrogen (secondary N) is 3. The molecule has 13 heteroatoms. The van der Waals surface area contributed by atoms with Crippen molar-refractivity contribution in [2.75, 3.05) is 12.4 Å². The monoisotopic (exact) mass is 661 g/mol. The Kier molecular flexibility index (Phi) is 11.1. The number of benzene rings is 2. The Hall–Kier alpha value is -2.24. The van der Waals surface area contributed by atoms with E-state index in [0.29, 0.717) is 30.3 Å². The van der Waals surface area contributed by atoms with Gasteiger partial charge in [-0.25, -0.2) is 13.2 Å². The Bertz CT molecular complexity index is 1420. The first-order valence-corrected chi connectivity index (χ1v) is 16.3. The van der Waals surface area contributed by atoms with E-state index < -0.39 is 45.3 Å². The van der Waals surface area contributed by atoms with Crippen molar-refractivity contribution in [2.45, 2.75) is 89.0 Å². The van der Waals surface area contributed by atoms with Gasteiger partial charge in [0, 0.05) is 35.5 Å². The number of hydrogen-bond acceptors (Lipinski definition) is 7. The summed E-state index contributed by atoms with van der Waals surface area (Å²) in [5.41, 5.74) is 0.658. The van der Waals surface area contributed by atoms with E-state index in [-0.39, 0.29) is 26.9 Å². The fourth-order valence-electron chi connectivity index (χ4n) is 4.23. The third-order valence-electron chi connectivity index (χ3n) is 6.19. The van der Waals surface area contributed by atoms with Crippen LogP contribution in [0.15, 0.2) is 35.2 Å². The number of fused-ring (bicyclic) bond motifs is 1. The second kappa shape index (κ2) is 13.6. The van der Waals surface area contributed by atoms with Gasteiger partial charge in [0.1, 0.15) is 11.4 Å². The van der Waals surface area contributed by atoms with Crippen molar-refractivity contribution < 1.29 is 27.5 Å². The summed E-state index contributed by atoms with van der Waals surface area (Å²) in [6.07, 6.45) is -0.682. The van der Waals surface area contributed by atoms with E-state index in [9.17, 15) is 18.0 Å². The number of sulfone groups is 1. The average molecular weight is 663 g/mol. The van der Waals surface area contributed by atoms with Gasteiger partial charge in [-0.15, -0.1) is 0 Å². The molecule has 2 aromatic rings. The highest BCUT2D eigenvalue weighted by atomic mass is 35.5. The minimum absolute atomic E-state index is 0.0707. The summed E-state index contributed by atoms with van der Waals surface area (Å²) in [6, 6.07) is 6.06. The third-order valence-corrected chi connectivity index (χ3v) is 9.09. The normalized spacial score (nSPS) is 16.2. The highest BCUT2D eigenvalue weighted by molar-refractivity contribution is 7.91. The molecule has 9 nitrogen and oxygen atoms in total. The molecule has 2 aromatic carbocycles. The van der Waals surface area contributed by atoms with E-state index >= 15 is 0 Å². The number of hydrogen-bond donors (Lipinski definition) is 3. The predicted octanol–water partition coefficient (Wildman–Crippen LogP) is 6.23. The lowest BCUT2D eigenvalue weighted by molar-refractivity contribution is -0.122. The van der Waals surface area contributed by atoms with E-state index in [1.807, 2.05) is 6.07 Å².